The number of primary amides is 1. The van der Waals surface area contributed by atoms with Crippen LogP contribution in [0.2, 0.25) is 0 Å². The van der Waals surface area contributed by atoms with Crippen LogP contribution < -0.4 is 5.73 Å². The van der Waals surface area contributed by atoms with E-state index < -0.39 is 0 Å². The number of hydrogen-bond acceptors (Lipinski definition) is 2. The molecule has 2 fully saturated rings. The van der Waals surface area contributed by atoms with Crippen molar-refractivity contribution in [3.05, 3.63) is 35.4 Å². The highest BCUT2D eigenvalue weighted by molar-refractivity contribution is 5.80. The maximum Gasteiger partial charge on any atom is 0.227 e. The molecule has 1 aromatic rings. The third-order valence-electron chi connectivity index (χ3n) is 5.95. The predicted molar refractivity (Wildman–Crippen MR) is 104 cm³/mol. The molecule has 0 heterocycles. The average molecular weight is 357 g/mol. The third kappa shape index (κ3) is 5.09. The first kappa shape index (κ1) is 18.9. The Morgan fingerprint density at radius 1 is 0.846 bits per heavy atom. The van der Waals surface area contributed by atoms with Crippen LogP contribution in [0, 0.1) is 0 Å². The molecule has 2 N–H and O–H groups in total. The van der Waals surface area contributed by atoms with Gasteiger partial charge in [-0.2, -0.15) is 0 Å². The summed E-state index contributed by atoms with van der Waals surface area (Å²) in [6.07, 6.45) is 12.9. The van der Waals surface area contributed by atoms with Crippen molar-refractivity contribution >= 4 is 11.8 Å². The van der Waals surface area contributed by atoms with Crippen molar-refractivity contribution in [3.63, 3.8) is 0 Å². The standard InChI is InChI=1S/C22H32N2O2/c23-21(25)15-17-8-7-9-18(14-17)16-22(26)24(19-10-3-1-4-11-19)20-12-5-2-6-13-20/h7-9,14,19-20H,1-6,10-13,15-16H2,(H2,23,25). The summed E-state index contributed by atoms with van der Waals surface area (Å²) in [6.45, 7) is 0. The highest BCUT2D eigenvalue weighted by Crippen LogP contribution is 2.30. The van der Waals surface area contributed by atoms with Gasteiger partial charge in [0, 0.05) is 12.1 Å². The van der Waals surface area contributed by atoms with Gasteiger partial charge in [0.2, 0.25) is 11.8 Å². The molecule has 0 atom stereocenters. The van der Waals surface area contributed by atoms with Gasteiger partial charge in [0.15, 0.2) is 0 Å². The van der Waals surface area contributed by atoms with Crippen LogP contribution in [-0.2, 0) is 22.4 Å². The van der Waals surface area contributed by atoms with Crippen LogP contribution in [-0.4, -0.2) is 28.8 Å². The van der Waals surface area contributed by atoms with E-state index in [1.165, 1.54) is 38.5 Å². The molecule has 3 rings (SSSR count). The van der Waals surface area contributed by atoms with E-state index in [1.54, 1.807) is 0 Å². The summed E-state index contributed by atoms with van der Waals surface area (Å²) in [5.74, 6) is -0.0699. The van der Waals surface area contributed by atoms with E-state index in [2.05, 4.69) is 4.90 Å². The molecule has 142 valence electrons. The van der Waals surface area contributed by atoms with Crippen molar-refractivity contribution < 1.29 is 9.59 Å². The third-order valence-corrected chi connectivity index (χ3v) is 5.95. The first-order valence-corrected chi connectivity index (χ1v) is 10.3. The predicted octanol–water partition coefficient (Wildman–Crippen LogP) is 3.75. The van der Waals surface area contributed by atoms with Gasteiger partial charge in [-0.25, -0.2) is 0 Å². The number of nitrogens with zero attached hydrogens (tertiary/aromatic N) is 1. The zero-order valence-electron chi connectivity index (χ0n) is 15.8. The van der Waals surface area contributed by atoms with Crippen molar-refractivity contribution in [1.29, 1.82) is 0 Å². The number of hydrogen-bond donors (Lipinski definition) is 1. The Labute approximate surface area is 157 Å². The Morgan fingerprint density at radius 3 is 1.85 bits per heavy atom. The average Bonchev–Trinajstić information content (AvgIpc) is 2.63. The molecule has 4 heteroatoms. The monoisotopic (exact) mass is 356 g/mol. The molecular weight excluding hydrogens is 324 g/mol. The molecule has 1 aromatic carbocycles. The second-order valence-electron chi connectivity index (χ2n) is 8.02. The summed E-state index contributed by atoms with van der Waals surface area (Å²) in [4.78, 5) is 26.7. The van der Waals surface area contributed by atoms with Crippen LogP contribution in [0.4, 0.5) is 0 Å². The molecule has 2 amide bonds. The lowest BCUT2D eigenvalue weighted by Gasteiger charge is -2.42. The summed E-state index contributed by atoms with van der Waals surface area (Å²) in [7, 11) is 0. The number of carbonyl (C=O) groups excluding carboxylic acids is 2. The fraction of sp³-hybridized carbons (Fsp3) is 0.636. The van der Waals surface area contributed by atoms with Gasteiger partial charge in [0.05, 0.1) is 12.8 Å². The van der Waals surface area contributed by atoms with E-state index in [4.69, 9.17) is 5.73 Å². The minimum Gasteiger partial charge on any atom is -0.369 e. The minimum atomic E-state index is -0.334. The smallest absolute Gasteiger partial charge is 0.227 e. The molecule has 4 nitrogen and oxygen atoms in total. The Hall–Kier alpha value is -1.84. The Balaban J connectivity index is 1.73. The van der Waals surface area contributed by atoms with Gasteiger partial charge in [-0.05, 0) is 36.8 Å². The summed E-state index contributed by atoms with van der Waals surface area (Å²) in [5.41, 5.74) is 7.19. The van der Waals surface area contributed by atoms with Gasteiger partial charge >= 0.3 is 0 Å². The largest absolute Gasteiger partial charge is 0.369 e. The molecule has 0 radical (unpaired) electrons. The Bertz CT molecular complexity index is 598. The van der Waals surface area contributed by atoms with Crippen LogP contribution in [0.5, 0.6) is 0 Å². The molecule has 0 saturated heterocycles. The van der Waals surface area contributed by atoms with Crippen LogP contribution in [0.15, 0.2) is 24.3 Å². The normalized spacial score (nSPS) is 19.2. The number of amides is 2. The quantitative estimate of drug-likeness (QED) is 0.844. The van der Waals surface area contributed by atoms with E-state index in [9.17, 15) is 9.59 Å². The maximum atomic E-state index is 13.3. The van der Waals surface area contributed by atoms with E-state index in [0.29, 0.717) is 18.5 Å². The summed E-state index contributed by atoms with van der Waals surface area (Å²) in [5, 5.41) is 0. The maximum absolute atomic E-state index is 13.3. The molecule has 0 bridgehead atoms. The van der Waals surface area contributed by atoms with E-state index in [-0.39, 0.29) is 18.2 Å². The van der Waals surface area contributed by atoms with Crippen molar-refractivity contribution in [3.8, 4) is 0 Å². The summed E-state index contributed by atoms with van der Waals surface area (Å²) >= 11 is 0. The van der Waals surface area contributed by atoms with Gasteiger partial charge in [0.25, 0.3) is 0 Å². The van der Waals surface area contributed by atoms with Gasteiger partial charge in [0.1, 0.15) is 0 Å². The molecule has 2 aliphatic rings. The van der Waals surface area contributed by atoms with Crippen LogP contribution in [0.25, 0.3) is 0 Å². The Kier molecular flexibility index (Phi) is 6.70. The zero-order valence-corrected chi connectivity index (χ0v) is 15.8. The highest BCUT2D eigenvalue weighted by atomic mass is 16.2. The second-order valence-corrected chi connectivity index (χ2v) is 8.02. The van der Waals surface area contributed by atoms with E-state index >= 15 is 0 Å². The van der Waals surface area contributed by atoms with Gasteiger partial charge in [-0.15, -0.1) is 0 Å². The van der Waals surface area contributed by atoms with Crippen LogP contribution in [0.3, 0.4) is 0 Å². The zero-order chi connectivity index (χ0) is 18.4. The Morgan fingerprint density at radius 2 is 1.35 bits per heavy atom. The fourth-order valence-electron chi connectivity index (χ4n) is 4.74. The van der Waals surface area contributed by atoms with E-state index in [1.807, 2.05) is 24.3 Å². The van der Waals surface area contributed by atoms with Crippen molar-refractivity contribution in [1.82, 2.24) is 4.90 Å². The first-order valence-electron chi connectivity index (χ1n) is 10.3. The van der Waals surface area contributed by atoms with Crippen LogP contribution in [0.1, 0.15) is 75.3 Å². The minimum absolute atomic E-state index is 0.233. The van der Waals surface area contributed by atoms with Gasteiger partial charge < -0.3 is 10.6 Å². The first-order chi connectivity index (χ1) is 12.6. The lowest BCUT2D eigenvalue weighted by molar-refractivity contribution is -0.137. The molecule has 0 aliphatic heterocycles. The molecule has 0 spiro atoms. The van der Waals surface area contributed by atoms with Gasteiger partial charge in [-0.3, -0.25) is 9.59 Å². The summed E-state index contributed by atoms with van der Waals surface area (Å²) in [6, 6.07) is 8.62. The topological polar surface area (TPSA) is 63.4 Å². The highest BCUT2D eigenvalue weighted by Gasteiger charge is 2.32. The van der Waals surface area contributed by atoms with Crippen molar-refractivity contribution in [2.24, 2.45) is 5.73 Å². The number of carbonyl (C=O) groups is 2. The number of rotatable bonds is 6. The van der Waals surface area contributed by atoms with E-state index in [0.717, 1.165) is 36.8 Å². The van der Waals surface area contributed by atoms with Crippen molar-refractivity contribution in [2.45, 2.75) is 89.1 Å². The van der Waals surface area contributed by atoms with Crippen molar-refractivity contribution in [2.75, 3.05) is 0 Å². The second kappa shape index (κ2) is 9.20. The molecular formula is C22H32N2O2. The summed E-state index contributed by atoms with van der Waals surface area (Å²) < 4.78 is 0. The molecule has 0 aromatic heterocycles. The lowest BCUT2D eigenvalue weighted by atomic mass is 9.88. The fourth-order valence-corrected chi connectivity index (χ4v) is 4.74. The number of benzene rings is 1. The molecule has 2 saturated carbocycles. The molecule has 0 unspecified atom stereocenters. The molecule has 2 aliphatic carbocycles. The molecule has 26 heavy (non-hydrogen) atoms. The van der Waals surface area contributed by atoms with Gasteiger partial charge in [-0.1, -0.05) is 62.8 Å². The SMILES string of the molecule is NC(=O)Cc1cccc(CC(=O)N(C2CCCCC2)C2CCCCC2)c1. The van der Waals surface area contributed by atoms with Crippen LogP contribution >= 0.6 is 0 Å². The number of nitrogens with two attached hydrogens (primary N) is 1. The lowest BCUT2D eigenvalue weighted by Crippen LogP contribution is -2.49.